The van der Waals surface area contributed by atoms with Crippen molar-refractivity contribution < 1.29 is 13.2 Å². The zero-order valence-electron chi connectivity index (χ0n) is 16.2. The standard InChI is InChI=1S/C20H29N3O3S/c1-21(27(2,25)26)18-8-6-16(7-9-18)20(24)23-13-15-11-17(14-23)19-5-3-4-10-22(19)12-15/h6-9,15,17,19H,3-5,10-14H2,1-2H3/t15-,17-,19+/m1/s1. The maximum atomic E-state index is 13.0. The summed E-state index contributed by atoms with van der Waals surface area (Å²) in [5.74, 6) is 1.25. The molecule has 3 saturated heterocycles. The molecule has 3 aliphatic heterocycles. The second-order valence-corrected chi connectivity index (χ2v) is 10.4. The summed E-state index contributed by atoms with van der Waals surface area (Å²) in [6, 6.07) is 7.56. The number of likely N-dealkylation sites (tertiary alicyclic amines) is 1. The molecule has 7 heteroatoms. The molecule has 3 heterocycles. The molecule has 1 aromatic carbocycles. The average molecular weight is 392 g/mol. The maximum absolute atomic E-state index is 13.0. The fraction of sp³-hybridized carbons (Fsp3) is 0.650. The summed E-state index contributed by atoms with van der Waals surface area (Å²) < 4.78 is 24.6. The van der Waals surface area contributed by atoms with Gasteiger partial charge in [-0.2, -0.15) is 0 Å². The minimum atomic E-state index is -3.30. The predicted octanol–water partition coefficient (Wildman–Crippen LogP) is 2.03. The van der Waals surface area contributed by atoms with Gasteiger partial charge in [0.1, 0.15) is 0 Å². The minimum absolute atomic E-state index is 0.0718. The van der Waals surface area contributed by atoms with Gasteiger partial charge >= 0.3 is 0 Å². The Bertz CT molecular complexity index is 808. The molecule has 3 aliphatic rings. The molecule has 0 aliphatic carbocycles. The highest BCUT2D eigenvalue weighted by Gasteiger charge is 2.42. The smallest absolute Gasteiger partial charge is 0.253 e. The van der Waals surface area contributed by atoms with Gasteiger partial charge in [0.05, 0.1) is 11.9 Å². The fourth-order valence-corrected chi connectivity index (χ4v) is 5.62. The molecular weight excluding hydrogens is 362 g/mol. The van der Waals surface area contributed by atoms with Crippen LogP contribution in [0.15, 0.2) is 24.3 Å². The molecular formula is C20H29N3O3S. The lowest BCUT2D eigenvalue weighted by Crippen LogP contribution is -2.59. The molecule has 3 atom stereocenters. The zero-order valence-corrected chi connectivity index (χ0v) is 17.0. The van der Waals surface area contributed by atoms with Crippen molar-refractivity contribution in [2.24, 2.45) is 11.8 Å². The summed E-state index contributed by atoms with van der Waals surface area (Å²) >= 11 is 0. The van der Waals surface area contributed by atoms with Crippen LogP contribution in [-0.2, 0) is 10.0 Å². The number of rotatable bonds is 3. The number of sulfonamides is 1. The van der Waals surface area contributed by atoms with E-state index in [4.69, 9.17) is 0 Å². The first-order chi connectivity index (χ1) is 12.8. The Hall–Kier alpha value is -1.60. The molecule has 0 aromatic heterocycles. The van der Waals surface area contributed by atoms with Crippen molar-refractivity contribution in [3.05, 3.63) is 29.8 Å². The first-order valence-corrected chi connectivity index (χ1v) is 11.7. The van der Waals surface area contributed by atoms with Crippen molar-refractivity contribution in [3.8, 4) is 0 Å². The van der Waals surface area contributed by atoms with Crippen LogP contribution in [0.25, 0.3) is 0 Å². The molecule has 148 valence electrons. The van der Waals surface area contributed by atoms with Gasteiger partial charge in [0, 0.05) is 38.3 Å². The Kier molecular flexibility index (Phi) is 4.93. The van der Waals surface area contributed by atoms with Crippen molar-refractivity contribution in [3.63, 3.8) is 0 Å². The summed E-state index contributed by atoms with van der Waals surface area (Å²) in [6.45, 7) is 4.04. The van der Waals surface area contributed by atoms with Crippen LogP contribution in [0.5, 0.6) is 0 Å². The molecule has 1 amide bonds. The van der Waals surface area contributed by atoms with Crippen molar-refractivity contribution in [1.29, 1.82) is 0 Å². The predicted molar refractivity (Wildman–Crippen MR) is 106 cm³/mol. The molecule has 0 unspecified atom stereocenters. The number of hydrogen-bond donors (Lipinski definition) is 0. The monoisotopic (exact) mass is 391 g/mol. The van der Waals surface area contributed by atoms with Crippen LogP contribution in [0, 0.1) is 11.8 Å². The number of carbonyl (C=O) groups excluding carboxylic acids is 1. The van der Waals surface area contributed by atoms with E-state index in [9.17, 15) is 13.2 Å². The molecule has 0 N–H and O–H groups in total. The molecule has 2 bridgehead atoms. The van der Waals surface area contributed by atoms with E-state index in [1.165, 1.54) is 49.8 Å². The van der Waals surface area contributed by atoms with Crippen LogP contribution < -0.4 is 4.31 Å². The fourth-order valence-electron chi connectivity index (χ4n) is 5.12. The number of hydrogen-bond acceptors (Lipinski definition) is 4. The van der Waals surface area contributed by atoms with E-state index in [-0.39, 0.29) is 5.91 Å². The number of nitrogens with zero attached hydrogens (tertiary/aromatic N) is 3. The van der Waals surface area contributed by atoms with Crippen LogP contribution in [0.3, 0.4) is 0 Å². The Morgan fingerprint density at radius 1 is 1.11 bits per heavy atom. The molecule has 0 radical (unpaired) electrons. The van der Waals surface area contributed by atoms with Crippen LogP contribution in [0.1, 0.15) is 36.0 Å². The molecule has 4 rings (SSSR count). The topological polar surface area (TPSA) is 60.9 Å². The zero-order chi connectivity index (χ0) is 19.2. The molecule has 6 nitrogen and oxygen atoms in total. The Labute approximate surface area is 162 Å². The van der Waals surface area contributed by atoms with E-state index >= 15 is 0 Å². The van der Waals surface area contributed by atoms with Gasteiger partial charge in [-0.15, -0.1) is 0 Å². The lowest BCUT2D eigenvalue weighted by Gasteiger charge is -2.52. The van der Waals surface area contributed by atoms with Crippen LogP contribution in [0.4, 0.5) is 5.69 Å². The lowest BCUT2D eigenvalue weighted by molar-refractivity contribution is -0.0243. The van der Waals surface area contributed by atoms with E-state index < -0.39 is 10.0 Å². The minimum Gasteiger partial charge on any atom is -0.338 e. The quantitative estimate of drug-likeness (QED) is 0.791. The molecule has 1 aromatic rings. The largest absolute Gasteiger partial charge is 0.338 e. The van der Waals surface area contributed by atoms with E-state index in [0.29, 0.717) is 29.1 Å². The van der Waals surface area contributed by atoms with Gasteiger partial charge in [-0.25, -0.2) is 8.42 Å². The third kappa shape index (κ3) is 3.72. The summed E-state index contributed by atoms with van der Waals surface area (Å²) in [7, 11) is -1.78. The van der Waals surface area contributed by atoms with Crippen molar-refractivity contribution in [1.82, 2.24) is 9.80 Å². The van der Waals surface area contributed by atoms with Crippen molar-refractivity contribution >= 4 is 21.6 Å². The van der Waals surface area contributed by atoms with E-state index in [0.717, 1.165) is 19.6 Å². The normalized spacial score (nSPS) is 28.5. The lowest BCUT2D eigenvalue weighted by atomic mass is 9.76. The molecule has 3 fully saturated rings. The molecule has 0 saturated carbocycles. The highest BCUT2D eigenvalue weighted by atomic mass is 32.2. The summed E-state index contributed by atoms with van der Waals surface area (Å²) in [5, 5.41) is 0. The van der Waals surface area contributed by atoms with E-state index in [1.807, 2.05) is 4.90 Å². The van der Waals surface area contributed by atoms with Crippen LogP contribution >= 0.6 is 0 Å². The summed E-state index contributed by atoms with van der Waals surface area (Å²) in [6.07, 6.45) is 6.32. The second-order valence-electron chi connectivity index (χ2n) is 8.41. The molecule has 0 spiro atoms. The number of carbonyl (C=O) groups is 1. The maximum Gasteiger partial charge on any atom is 0.253 e. The number of piperidine rings is 3. The van der Waals surface area contributed by atoms with E-state index in [2.05, 4.69) is 4.90 Å². The third-order valence-corrected chi connectivity index (χ3v) is 7.74. The SMILES string of the molecule is CN(c1ccc(C(=O)N2C[C@@H]3C[C@H](C2)[C@@H]2CCCCN2C3)cc1)S(C)(=O)=O. The Morgan fingerprint density at radius 2 is 1.85 bits per heavy atom. The molecule has 27 heavy (non-hydrogen) atoms. The van der Waals surface area contributed by atoms with Crippen molar-refractivity contribution in [2.75, 3.05) is 43.8 Å². The van der Waals surface area contributed by atoms with E-state index in [1.54, 1.807) is 24.3 Å². The van der Waals surface area contributed by atoms with Crippen LogP contribution in [0.2, 0.25) is 0 Å². The number of anilines is 1. The number of amides is 1. The van der Waals surface area contributed by atoms with Gasteiger partial charge < -0.3 is 4.90 Å². The Morgan fingerprint density at radius 3 is 2.56 bits per heavy atom. The van der Waals surface area contributed by atoms with Gasteiger partial charge in [-0.3, -0.25) is 14.0 Å². The average Bonchev–Trinajstić information content (AvgIpc) is 2.66. The Balaban J connectivity index is 1.47. The summed E-state index contributed by atoms with van der Waals surface area (Å²) in [4.78, 5) is 17.7. The van der Waals surface area contributed by atoms with Crippen molar-refractivity contribution in [2.45, 2.75) is 31.7 Å². The highest BCUT2D eigenvalue weighted by molar-refractivity contribution is 7.92. The summed E-state index contributed by atoms with van der Waals surface area (Å²) in [5.41, 5.74) is 1.21. The van der Waals surface area contributed by atoms with Gasteiger partial charge in [-0.1, -0.05) is 6.42 Å². The highest BCUT2D eigenvalue weighted by Crippen LogP contribution is 2.37. The van der Waals surface area contributed by atoms with Gasteiger partial charge in [-0.05, 0) is 61.9 Å². The van der Waals surface area contributed by atoms with Gasteiger partial charge in [0.15, 0.2) is 0 Å². The van der Waals surface area contributed by atoms with Gasteiger partial charge in [0.2, 0.25) is 10.0 Å². The van der Waals surface area contributed by atoms with Crippen LogP contribution in [-0.4, -0.2) is 69.6 Å². The number of fused-ring (bicyclic) bond motifs is 4. The third-order valence-electron chi connectivity index (χ3n) is 6.53. The first-order valence-electron chi connectivity index (χ1n) is 9.90. The number of benzene rings is 1. The van der Waals surface area contributed by atoms with Gasteiger partial charge in [0.25, 0.3) is 5.91 Å². The second kappa shape index (κ2) is 7.09. The first kappa shape index (κ1) is 18.7.